The molecule has 0 aliphatic carbocycles. The van der Waals surface area contributed by atoms with Crippen molar-refractivity contribution in [3.05, 3.63) is 29.8 Å². The maximum Gasteiger partial charge on any atom is 0.344 e. The highest BCUT2D eigenvalue weighted by Crippen LogP contribution is 2.19. The van der Waals surface area contributed by atoms with Crippen LogP contribution >= 0.6 is 0 Å². The van der Waals surface area contributed by atoms with E-state index in [1.807, 2.05) is 6.92 Å². The average Bonchev–Trinajstić information content (AvgIpc) is 3.10. The Morgan fingerprint density at radius 3 is 2.37 bits per heavy atom. The molecule has 1 amide bonds. The molecule has 1 aliphatic rings. The van der Waals surface area contributed by atoms with Crippen LogP contribution in [0, 0.1) is 0 Å². The first-order valence-corrected chi connectivity index (χ1v) is 12.0. The normalized spacial score (nSPS) is 17.3. The minimum Gasteiger partial charge on any atom is -0.482 e. The number of ether oxygens (including phenoxy) is 2. The molecule has 8 nitrogen and oxygen atoms in total. The van der Waals surface area contributed by atoms with Gasteiger partial charge < -0.3 is 14.4 Å². The summed E-state index contributed by atoms with van der Waals surface area (Å²) in [4.78, 5) is 37.6. The number of carbonyl (C=O) groups excluding carboxylic acids is 3. The van der Waals surface area contributed by atoms with Crippen LogP contribution < -0.4 is 4.74 Å². The fourth-order valence-corrected chi connectivity index (χ4v) is 4.94. The third-order valence-electron chi connectivity index (χ3n) is 4.93. The Balaban J connectivity index is 1.82. The van der Waals surface area contributed by atoms with E-state index in [-0.39, 0.29) is 29.9 Å². The summed E-state index contributed by atoms with van der Waals surface area (Å²) in [6.07, 6.45) is 2.42. The van der Waals surface area contributed by atoms with E-state index in [0.29, 0.717) is 30.7 Å². The van der Waals surface area contributed by atoms with Gasteiger partial charge in [-0.05, 0) is 37.1 Å². The fraction of sp³-hybridized carbons (Fsp3) is 0.571. The summed E-state index contributed by atoms with van der Waals surface area (Å²) < 4.78 is 33.8. The van der Waals surface area contributed by atoms with E-state index in [1.54, 1.807) is 31.2 Å². The topological polar surface area (TPSA) is 107 Å². The lowest BCUT2D eigenvalue weighted by atomic mass is 10.1. The van der Waals surface area contributed by atoms with Crippen LogP contribution in [0.1, 0.15) is 49.9 Å². The number of hydrogen-bond donors (Lipinski definition) is 0. The molecule has 1 heterocycles. The molecule has 1 fully saturated rings. The molecular weight excluding hydrogens is 410 g/mol. The summed E-state index contributed by atoms with van der Waals surface area (Å²) in [5.74, 6) is -0.651. The summed E-state index contributed by atoms with van der Waals surface area (Å²) in [6.45, 7) is 3.37. The number of nitrogens with zero attached hydrogens (tertiary/aromatic N) is 1. The third kappa shape index (κ3) is 7.12. The second kappa shape index (κ2) is 11.1. The van der Waals surface area contributed by atoms with Crippen LogP contribution in [-0.2, 0) is 24.2 Å². The Labute approximate surface area is 177 Å². The zero-order valence-corrected chi connectivity index (χ0v) is 18.3. The van der Waals surface area contributed by atoms with Gasteiger partial charge in [-0.15, -0.1) is 0 Å². The molecule has 1 aliphatic heterocycles. The number of carbonyl (C=O) groups is 3. The van der Waals surface area contributed by atoms with Gasteiger partial charge in [0.05, 0.1) is 11.5 Å². The van der Waals surface area contributed by atoms with Crippen molar-refractivity contribution in [3.63, 3.8) is 0 Å². The average molecular weight is 440 g/mol. The molecular formula is C21H29NO7S. The minimum atomic E-state index is -3.12. The van der Waals surface area contributed by atoms with Crippen LogP contribution in [0.3, 0.4) is 0 Å². The van der Waals surface area contributed by atoms with Crippen LogP contribution in [0.25, 0.3) is 0 Å². The van der Waals surface area contributed by atoms with E-state index in [1.165, 1.54) is 4.90 Å². The van der Waals surface area contributed by atoms with Crippen molar-refractivity contribution in [3.8, 4) is 5.75 Å². The molecule has 2 rings (SSSR count). The van der Waals surface area contributed by atoms with Crippen LogP contribution in [0.2, 0.25) is 0 Å². The summed E-state index contributed by atoms with van der Waals surface area (Å²) in [5, 5.41) is 0. The summed E-state index contributed by atoms with van der Waals surface area (Å²) in [7, 11) is -3.12. The largest absolute Gasteiger partial charge is 0.482 e. The third-order valence-corrected chi connectivity index (χ3v) is 6.68. The Hall–Kier alpha value is -2.42. The molecule has 0 spiro atoms. The van der Waals surface area contributed by atoms with Crippen molar-refractivity contribution >= 4 is 27.5 Å². The van der Waals surface area contributed by atoms with Crippen LogP contribution in [-0.4, -0.2) is 68.3 Å². The van der Waals surface area contributed by atoms with Gasteiger partial charge in [-0.3, -0.25) is 9.59 Å². The van der Waals surface area contributed by atoms with Gasteiger partial charge in [0, 0.05) is 24.6 Å². The molecule has 1 aromatic carbocycles. The van der Waals surface area contributed by atoms with E-state index in [9.17, 15) is 22.8 Å². The highest BCUT2D eigenvalue weighted by molar-refractivity contribution is 7.91. The molecule has 1 unspecified atom stereocenters. The molecule has 0 radical (unpaired) electrons. The van der Waals surface area contributed by atoms with Crippen molar-refractivity contribution < 1.29 is 32.3 Å². The van der Waals surface area contributed by atoms with Gasteiger partial charge in [-0.25, -0.2) is 13.2 Å². The quantitative estimate of drug-likeness (QED) is 0.383. The number of esters is 1. The van der Waals surface area contributed by atoms with Crippen LogP contribution in [0.5, 0.6) is 5.75 Å². The predicted molar refractivity (Wildman–Crippen MR) is 111 cm³/mol. The number of rotatable bonds is 11. The smallest absolute Gasteiger partial charge is 0.344 e. The molecule has 0 N–H and O–H groups in total. The SMILES string of the molecule is CCCCN(C(=O)COC(=O)COc1ccc(C(=O)CC)cc1)C1CCS(=O)(=O)C1. The molecule has 0 aromatic heterocycles. The van der Waals surface area contributed by atoms with Crippen molar-refractivity contribution in [1.29, 1.82) is 0 Å². The number of sulfone groups is 1. The minimum absolute atomic E-state index is 0.0159. The molecule has 0 saturated carbocycles. The first kappa shape index (κ1) is 23.9. The van der Waals surface area contributed by atoms with Gasteiger partial charge in [-0.2, -0.15) is 0 Å². The zero-order chi connectivity index (χ0) is 22.1. The Kier molecular flexibility index (Phi) is 8.83. The van der Waals surface area contributed by atoms with Gasteiger partial charge in [0.25, 0.3) is 5.91 Å². The second-order valence-corrected chi connectivity index (χ2v) is 9.48. The number of hydrogen-bond acceptors (Lipinski definition) is 7. The van der Waals surface area contributed by atoms with E-state index < -0.39 is 28.3 Å². The van der Waals surface area contributed by atoms with Gasteiger partial charge in [0.2, 0.25) is 0 Å². The summed E-state index contributed by atoms with van der Waals surface area (Å²) in [6, 6.07) is 6.06. The van der Waals surface area contributed by atoms with Gasteiger partial charge in [-0.1, -0.05) is 20.3 Å². The zero-order valence-electron chi connectivity index (χ0n) is 17.5. The molecule has 166 valence electrons. The molecule has 1 atom stereocenters. The molecule has 30 heavy (non-hydrogen) atoms. The maximum atomic E-state index is 12.5. The highest BCUT2D eigenvalue weighted by Gasteiger charge is 2.34. The van der Waals surface area contributed by atoms with Crippen molar-refractivity contribution in [2.75, 3.05) is 31.3 Å². The van der Waals surface area contributed by atoms with Crippen LogP contribution in [0.4, 0.5) is 0 Å². The Morgan fingerprint density at radius 1 is 1.10 bits per heavy atom. The van der Waals surface area contributed by atoms with Gasteiger partial charge >= 0.3 is 5.97 Å². The molecule has 0 bridgehead atoms. The Morgan fingerprint density at radius 2 is 1.80 bits per heavy atom. The van der Waals surface area contributed by atoms with Crippen molar-refractivity contribution in [1.82, 2.24) is 4.90 Å². The van der Waals surface area contributed by atoms with Crippen molar-refractivity contribution in [2.45, 2.75) is 45.6 Å². The molecule has 1 saturated heterocycles. The standard InChI is InChI=1S/C21H29NO7S/c1-3-5-11-22(17-10-12-30(26,27)15-17)20(24)13-29-21(25)14-28-18-8-6-16(7-9-18)19(23)4-2/h6-9,17H,3-5,10-15H2,1-2H3. The van der Waals surface area contributed by atoms with Crippen LogP contribution in [0.15, 0.2) is 24.3 Å². The first-order valence-electron chi connectivity index (χ1n) is 10.2. The lowest BCUT2D eigenvalue weighted by Gasteiger charge is -2.28. The van der Waals surface area contributed by atoms with E-state index in [2.05, 4.69) is 0 Å². The highest BCUT2D eigenvalue weighted by atomic mass is 32.2. The first-order chi connectivity index (χ1) is 14.3. The number of unbranched alkanes of at least 4 members (excludes halogenated alkanes) is 1. The number of benzene rings is 1. The Bertz CT molecular complexity index is 849. The maximum absolute atomic E-state index is 12.5. The molecule has 9 heteroatoms. The van der Waals surface area contributed by atoms with Gasteiger partial charge in [0.1, 0.15) is 5.75 Å². The second-order valence-electron chi connectivity index (χ2n) is 7.25. The number of ketones is 1. The van der Waals surface area contributed by atoms with E-state index in [0.717, 1.165) is 12.8 Å². The fourth-order valence-electron chi connectivity index (χ4n) is 3.21. The lowest BCUT2D eigenvalue weighted by molar-refractivity contribution is -0.154. The molecule has 1 aromatic rings. The monoisotopic (exact) mass is 439 g/mol. The van der Waals surface area contributed by atoms with E-state index in [4.69, 9.17) is 9.47 Å². The van der Waals surface area contributed by atoms with E-state index >= 15 is 0 Å². The van der Waals surface area contributed by atoms with Crippen molar-refractivity contribution in [2.24, 2.45) is 0 Å². The lowest BCUT2D eigenvalue weighted by Crippen LogP contribution is -2.44. The number of Topliss-reactive ketones (excluding diaryl/α,β-unsaturated/α-hetero) is 1. The summed E-state index contributed by atoms with van der Waals surface area (Å²) in [5.41, 5.74) is 0.569. The van der Waals surface area contributed by atoms with Gasteiger partial charge in [0.15, 0.2) is 28.8 Å². The predicted octanol–water partition coefficient (Wildman–Crippen LogP) is 2.02. The summed E-state index contributed by atoms with van der Waals surface area (Å²) >= 11 is 0. The number of amides is 1.